The van der Waals surface area contributed by atoms with Crippen LogP contribution in [0, 0.1) is 5.82 Å². The van der Waals surface area contributed by atoms with Crippen LogP contribution in [0.3, 0.4) is 0 Å². The van der Waals surface area contributed by atoms with Crippen molar-refractivity contribution in [3.05, 3.63) is 69.4 Å². The second-order valence-electron chi connectivity index (χ2n) is 13.1. The van der Waals surface area contributed by atoms with Gasteiger partial charge in [-0.2, -0.15) is 4.98 Å². The highest BCUT2D eigenvalue weighted by Crippen LogP contribution is 2.45. The van der Waals surface area contributed by atoms with Gasteiger partial charge in [-0.15, -0.1) is 0 Å². The van der Waals surface area contributed by atoms with Gasteiger partial charge >= 0.3 is 5.69 Å². The van der Waals surface area contributed by atoms with E-state index in [0.717, 1.165) is 12.8 Å². The molecule has 10 nitrogen and oxygen atoms in total. The molecule has 8 rings (SSSR count). The number of pyridine rings is 1. The van der Waals surface area contributed by atoms with Gasteiger partial charge in [-0.05, 0) is 48.3 Å². The van der Waals surface area contributed by atoms with E-state index in [1.807, 2.05) is 27.7 Å². The van der Waals surface area contributed by atoms with E-state index in [1.54, 1.807) is 24.3 Å². The van der Waals surface area contributed by atoms with Gasteiger partial charge in [-0.25, -0.2) is 24.1 Å². The molecule has 5 aromatic rings. The number of rotatable bonds is 4. The number of piperazine rings is 1. The van der Waals surface area contributed by atoms with E-state index in [-0.39, 0.29) is 65.0 Å². The molecule has 2 fully saturated rings. The molecular weight excluding hydrogens is 609 g/mol. The number of ether oxygens (including phenoxy) is 1. The van der Waals surface area contributed by atoms with E-state index >= 15 is 4.39 Å². The number of fused-ring (bicyclic) bond motifs is 6. The molecule has 3 unspecified atom stereocenters. The van der Waals surface area contributed by atoms with E-state index in [0.29, 0.717) is 50.6 Å². The molecule has 2 aromatic carbocycles. The van der Waals surface area contributed by atoms with E-state index < -0.39 is 11.5 Å². The molecule has 6 heterocycles. The molecule has 0 saturated carbocycles. The van der Waals surface area contributed by atoms with Crippen LogP contribution in [0.5, 0.6) is 11.6 Å². The molecule has 46 heavy (non-hydrogen) atoms. The number of benzene rings is 2. The fourth-order valence-electron chi connectivity index (χ4n) is 7.47. The molecule has 2 bridgehead atoms. The zero-order valence-corrected chi connectivity index (χ0v) is 26.6. The van der Waals surface area contributed by atoms with Gasteiger partial charge < -0.3 is 20.1 Å². The summed E-state index contributed by atoms with van der Waals surface area (Å²) in [5.41, 5.74) is 1.09. The van der Waals surface area contributed by atoms with E-state index in [2.05, 4.69) is 25.2 Å². The van der Waals surface area contributed by atoms with Crippen molar-refractivity contribution < 1.29 is 14.2 Å². The first kappa shape index (κ1) is 29.1. The standard InChI is InChI=1S/C34H33ClFN7O3/c1-15(2)27-31(28(16(3)4)38-14-37-27)43-30-25-32(41-34(43)45)42-12-18-8-9-22(39-18)23(42)13-46-33(25)40-29(26(30)36)20-11-19(44)10-17-6-5-7-21(35)24(17)20/h5-7,10-11,14-16,18,22-23,39,44H,8-9,12-13H2,1-4H3. The predicted molar refractivity (Wildman–Crippen MR) is 175 cm³/mol. The summed E-state index contributed by atoms with van der Waals surface area (Å²) in [6.07, 6.45) is 3.44. The zero-order chi connectivity index (χ0) is 32.0. The van der Waals surface area contributed by atoms with Crippen molar-refractivity contribution in [1.82, 2.24) is 29.8 Å². The first-order chi connectivity index (χ1) is 22.1. The molecule has 0 amide bonds. The minimum absolute atomic E-state index is 0.0244. The number of aromatic hydroxyl groups is 1. The number of hydrogen-bond acceptors (Lipinski definition) is 9. The summed E-state index contributed by atoms with van der Waals surface area (Å²) in [5.74, 6) is -0.557. The normalized spacial score (nSPS) is 20.4. The minimum Gasteiger partial charge on any atom is -0.508 e. The Balaban J connectivity index is 1.54. The van der Waals surface area contributed by atoms with Crippen LogP contribution >= 0.6 is 11.6 Å². The van der Waals surface area contributed by atoms with Crippen molar-refractivity contribution in [1.29, 1.82) is 0 Å². The van der Waals surface area contributed by atoms with Gasteiger partial charge in [0.05, 0.1) is 23.1 Å². The average molecular weight is 642 g/mol. The number of phenols is 1. The summed E-state index contributed by atoms with van der Waals surface area (Å²) in [6, 6.07) is 8.50. The third kappa shape index (κ3) is 4.28. The molecule has 3 atom stereocenters. The van der Waals surface area contributed by atoms with Crippen molar-refractivity contribution in [2.45, 2.75) is 70.5 Å². The molecule has 3 aliphatic rings. The van der Waals surface area contributed by atoms with Crippen LogP contribution in [-0.4, -0.2) is 60.9 Å². The Morgan fingerprint density at radius 3 is 2.57 bits per heavy atom. The van der Waals surface area contributed by atoms with Gasteiger partial charge in [-0.3, -0.25) is 4.57 Å². The lowest BCUT2D eigenvalue weighted by Crippen LogP contribution is -2.60. The Hall–Kier alpha value is -4.35. The molecule has 3 aliphatic heterocycles. The average Bonchev–Trinajstić information content (AvgIpc) is 3.34. The largest absolute Gasteiger partial charge is 0.508 e. The predicted octanol–water partition coefficient (Wildman–Crippen LogP) is 5.84. The van der Waals surface area contributed by atoms with Crippen molar-refractivity contribution >= 4 is 39.1 Å². The Morgan fingerprint density at radius 2 is 1.83 bits per heavy atom. The Kier molecular flexibility index (Phi) is 6.70. The third-order valence-corrected chi connectivity index (χ3v) is 9.82. The van der Waals surface area contributed by atoms with Crippen molar-refractivity contribution in [2.75, 3.05) is 18.1 Å². The van der Waals surface area contributed by atoms with E-state index in [4.69, 9.17) is 21.3 Å². The summed E-state index contributed by atoms with van der Waals surface area (Å²) in [4.78, 5) is 35.2. The monoisotopic (exact) mass is 641 g/mol. The quantitative estimate of drug-likeness (QED) is 0.250. The van der Waals surface area contributed by atoms with Crippen molar-refractivity contribution in [2.24, 2.45) is 0 Å². The topological polar surface area (TPSA) is 118 Å². The van der Waals surface area contributed by atoms with Gasteiger partial charge in [-0.1, -0.05) is 51.4 Å². The molecule has 0 radical (unpaired) electrons. The molecule has 3 aromatic heterocycles. The number of aromatic nitrogens is 5. The SMILES string of the molecule is CC(C)c1ncnc(C(C)C)c1-n1c(=O)nc2c3c(nc(-c4cc(O)cc5cccc(Cl)c45)c(F)c31)OCC1C3CCC(CN21)N3. The van der Waals surface area contributed by atoms with Gasteiger partial charge in [0.2, 0.25) is 5.88 Å². The van der Waals surface area contributed by atoms with Gasteiger partial charge in [0.25, 0.3) is 0 Å². The lowest BCUT2D eigenvalue weighted by atomic mass is 9.99. The van der Waals surface area contributed by atoms with E-state index in [1.165, 1.54) is 17.0 Å². The van der Waals surface area contributed by atoms with Crippen LogP contribution in [0.25, 0.3) is 38.6 Å². The van der Waals surface area contributed by atoms with Crippen molar-refractivity contribution in [3.8, 4) is 28.6 Å². The molecule has 2 saturated heterocycles. The highest BCUT2D eigenvalue weighted by atomic mass is 35.5. The number of phenolic OH excluding ortho intramolecular Hbond substituents is 1. The molecule has 236 valence electrons. The first-order valence-corrected chi connectivity index (χ1v) is 16.1. The smallest absolute Gasteiger partial charge is 0.354 e. The van der Waals surface area contributed by atoms with Crippen LogP contribution in [0.4, 0.5) is 10.2 Å². The zero-order valence-electron chi connectivity index (χ0n) is 25.9. The highest BCUT2D eigenvalue weighted by Gasteiger charge is 2.44. The first-order valence-electron chi connectivity index (χ1n) is 15.7. The van der Waals surface area contributed by atoms with Crippen LogP contribution < -0.4 is 20.6 Å². The fourth-order valence-corrected chi connectivity index (χ4v) is 7.75. The highest BCUT2D eigenvalue weighted by molar-refractivity contribution is 6.36. The molecule has 2 N–H and O–H groups in total. The summed E-state index contributed by atoms with van der Waals surface area (Å²) in [5, 5.41) is 16.2. The van der Waals surface area contributed by atoms with Crippen LogP contribution in [0.15, 0.2) is 41.5 Å². The van der Waals surface area contributed by atoms with Crippen LogP contribution in [-0.2, 0) is 0 Å². The number of halogens is 2. The molecule has 0 spiro atoms. The Morgan fingerprint density at radius 1 is 1.07 bits per heavy atom. The lowest BCUT2D eigenvalue weighted by Gasteiger charge is -2.40. The minimum atomic E-state index is -0.764. The van der Waals surface area contributed by atoms with Gasteiger partial charge in [0.1, 0.15) is 41.1 Å². The maximum absolute atomic E-state index is 17.7. The number of nitrogens with zero attached hydrogens (tertiary/aromatic N) is 6. The van der Waals surface area contributed by atoms with Crippen molar-refractivity contribution in [3.63, 3.8) is 0 Å². The van der Waals surface area contributed by atoms with Crippen LogP contribution in [0.1, 0.15) is 63.8 Å². The second-order valence-corrected chi connectivity index (χ2v) is 13.5. The number of hydrogen-bond donors (Lipinski definition) is 2. The van der Waals surface area contributed by atoms with Gasteiger partial charge in [0, 0.05) is 34.6 Å². The molecular formula is C34H33ClFN7O3. The summed E-state index contributed by atoms with van der Waals surface area (Å²) in [6.45, 7) is 8.76. The molecule has 0 aliphatic carbocycles. The third-order valence-electron chi connectivity index (χ3n) is 9.50. The maximum Gasteiger partial charge on any atom is 0.354 e. The summed E-state index contributed by atoms with van der Waals surface area (Å²) >= 11 is 6.70. The number of nitrogens with one attached hydrogen (secondary N) is 1. The Bertz CT molecular complexity index is 2110. The maximum atomic E-state index is 17.7. The Labute approximate surface area is 269 Å². The lowest BCUT2D eigenvalue weighted by molar-refractivity contribution is 0.238. The van der Waals surface area contributed by atoms with E-state index in [9.17, 15) is 9.90 Å². The fraction of sp³-hybridized carbons (Fsp3) is 0.382. The van der Waals surface area contributed by atoms with Crippen LogP contribution in [0.2, 0.25) is 5.02 Å². The molecule has 12 heteroatoms. The van der Waals surface area contributed by atoms with Gasteiger partial charge in [0.15, 0.2) is 5.82 Å². The number of anilines is 1. The second kappa shape index (κ2) is 10.6. The summed E-state index contributed by atoms with van der Waals surface area (Å²) < 4.78 is 25.5. The summed E-state index contributed by atoms with van der Waals surface area (Å²) in [7, 11) is 0.